The lowest BCUT2D eigenvalue weighted by molar-refractivity contribution is 0.477. The number of hydrogen-bond donors (Lipinski definition) is 1. The van der Waals surface area contributed by atoms with Gasteiger partial charge in [-0.3, -0.25) is 0 Å². The monoisotopic (exact) mass is 602 g/mol. The summed E-state index contributed by atoms with van der Waals surface area (Å²) in [5.41, 5.74) is -0.420. The Hall–Kier alpha value is -6.12. The summed E-state index contributed by atoms with van der Waals surface area (Å²) in [6, 6.07) is 14.6. The lowest BCUT2D eigenvalue weighted by Crippen LogP contribution is -1.91. The van der Waals surface area contributed by atoms with Crippen LogP contribution in [0.2, 0.25) is 0 Å². The summed E-state index contributed by atoms with van der Waals surface area (Å²) >= 11 is 0. The normalized spacial score (nSPS) is 15.8. The fourth-order valence-corrected chi connectivity index (χ4v) is 6.04. The molecular formula is C44H28O2. The first-order valence-corrected chi connectivity index (χ1v) is 14.4. The van der Waals surface area contributed by atoms with Crippen LogP contribution >= 0.6 is 0 Å². The topological polar surface area (TPSA) is 33.4 Å². The molecule has 2 heteroatoms. The predicted molar refractivity (Wildman–Crippen MR) is 192 cm³/mol. The van der Waals surface area contributed by atoms with Crippen molar-refractivity contribution in [1.29, 1.82) is 0 Å². The van der Waals surface area contributed by atoms with Crippen molar-refractivity contribution < 1.29 is 28.7 Å². The molecule has 0 saturated heterocycles. The van der Waals surface area contributed by atoms with Crippen molar-refractivity contribution >= 4 is 43.5 Å². The van der Waals surface area contributed by atoms with Crippen LogP contribution in [0.15, 0.2) is 168 Å². The van der Waals surface area contributed by atoms with Gasteiger partial charge in [0.15, 0.2) is 0 Å². The van der Waals surface area contributed by atoms with Gasteiger partial charge in [-0.05, 0) is 79.1 Å². The maximum atomic E-state index is 11.9. The van der Waals surface area contributed by atoms with Crippen molar-refractivity contribution in [3.63, 3.8) is 0 Å². The first-order valence-electron chi connectivity index (χ1n) is 21.4. The molecule has 46 heavy (non-hydrogen) atoms. The Kier molecular flexibility index (Phi) is 3.59. The molecule has 0 aliphatic heterocycles. The van der Waals surface area contributed by atoms with Crippen molar-refractivity contribution in [1.82, 2.24) is 0 Å². The molecule has 0 bridgehead atoms. The van der Waals surface area contributed by atoms with E-state index in [2.05, 4.69) is 0 Å². The van der Waals surface area contributed by atoms with E-state index in [1.54, 1.807) is 78.9 Å². The van der Waals surface area contributed by atoms with E-state index in [4.69, 9.17) is 20.9 Å². The van der Waals surface area contributed by atoms with E-state index >= 15 is 0 Å². The molecule has 0 spiro atoms. The standard InChI is InChI=1S/C44H28O2/c45-40-27-42-38(33-23-22-31(25-41(33)46-42)29-14-5-2-6-15-29)26-39(40)44-36-20-9-7-18-34(36)43(35-19-8-10-21-37(35)44)32-17-11-16-30(24-32)28-12-3-1-4-13-28/h1-27,45H/i1D,3D,4D,11D,12D,13D,16D,17D,22D,23D,24D,25D,26D,27D. The molecule has 0 aliphatic carbocycles. The molecule has 0 aliphatic rings. The lowest BCUT2D eigenvalue weighted by atomic mass is 9.85. The number of fused-ring (bicyclic) bond motifs is 5. The van der Waals surface area contributed by atoms with Crippen molar-refractivity contribution in [3.05, 3.63) is 163 Å². The quantitative estimate of drug-likeness (QED) is 0.203. The van der Waals surface area contributed by atoms with Crippen LogP contribution in [-0.2, 0) is 0 Å². The molecule has 0 fully saturated rings. The summed E-state index contributed by atoms with van der Waals surface area (Å²) in [5.74, 6) is -0.639. The minimum absolute atomic E-state index is 0.0407. The molecule has 0 atom stereocenters. The van der Waals surface area contributed by atoms with Gasteiger partial charge in [0.2, 0.25) is 0 Å². The largest absolute Gasteiger partial charge is 0.507 e. The van der Waals surface area contributed by atoms with Crippen LogP contribution in [0.1, 0.15) is 19.2 Å². The Morgan fingerprint density at radius 1 is 0.413 bits per heavy atom. The van der Waals surface area contributed by atoms with Crippen LogP contribution in [-0.4, -0.2) is 5.11 Å². The SMILES string of the molecule is [2H]c1c([2H])c([2H])c(-c2c([2H])c([2H])c([2H])c(-c3c4ccccc4c(-c4c(O)c([2H])c5oc6c([2H])c(-c7ccccc7)c([2H])c([2H])c6c5c4[2H])c4ccccc34)c2[2H])c([2H])c1[2H]. The van der Waals surface area contributed by atoms with Crippen LogP contribution < -0.4 is 0 Å². The molecular weight excluding hydrogens is 560 g/mol. The van der Waals surface area contributed by atoms with Crippen molar-refractivity contribution in [2.45, 2.75) is 0 Å². The van der Waals surface area contributed by atoms with Gasteiger partial charge < -0.3 is 9.52 Å². The van der Waals surface area contributed by atoms with Crippen LogP contribution in [0.5, 0.6) is 5.75 Å². The fourth-order valence-electron chi connectivity index (χ4n) is 6.04. The Labute approximate surface area is 286 Å². The first-order chi connectivity index (χ1) is 28.6. The number of benzene rings is 8. The molecule has 0 unspecified atom stereocenters. The molecule has 9 rings (SSSR count). The second kappa shape index (κ2) is 10.5. The van der Waals surface area contributed by atoms with Gasteiger partial charge in [0.25, 0.3) is 0 Å². The maximum Gasteiger partial charge on any atom is 0.139 e. The molecule has 0 radical (unpaired) electrons. The smallest absolute Gasteiger partial charge is 0.139 e. The molecule has 0 saturated carbocycles. The molecule has 1 aromatic heterocycles. The van der Waals surface area contributed by atoms with Gasteiger partial charge in [-0.1, -0.05) is 133 Å². The number of phenols is 1. The van der Waals surface area contributed by atoms with Gasteiger partial charge in [-0.2, -0.15) is 0 Å². The van der Waals surface area contributed by atoms with Gasteiger partial charge in [-0.25, -0.2) is 0 Å². The fraction of sp³-hybridized carbons (Fsp3) is 0. The molecule has 2 nitrogen and oxygen atoms in total. The van der Waals surface area contributed by atoms with Crippen molar-refractivity contribution in [2.24, 2.45) is 0 Å². The van der Waals surface area contributed by atoms with Crippen LogP contribution in [0.4, 0.5) is 0 Å². The Bertz CT molecular complexity index is 3290. The lowest BCUT2D eigenvalue weighted by Gasteiger charge is -2.18. The van der Waals surface area contributed by atoms with Crippen LogP contribution in [0, 0.1) is 0 Å². The molecule has 8 aromatic carbocycles. The zero-order valence-electron chi connectivity index (χ0n) is 37.9. The average molecular weight is 603 g/mol. The van der Waals surface area contributed by atoms with E-state index < -0.39 is 77.3 Å². The van der Waals surface area contributed by atoms with E-state index in [-0.39, 0.29) is 73.9 Å². The maximum absolute atomic E-state index is 11.9. The summed E-state index contributed by atoms with van der Waals surface area (Å²) in [6.07, 6.45) is 0. The Morgan fingerprint density at radius 3 is 1.72 bits per heavy atom. The summed E-state index contributed by atoms with van der Waals surface area (Å²) < 4.78 is 130. The van der Waals surface area contributed by atoms with Gasteiger partial charge >= 0.3 is 0 Å². The zero-order chi connectivity index (χ0) is 42.8. The highest BCUT2D eigenvalue weighted by atomic mass is 16.3. The van der Waals surface area contributed by atoms with Gasteiger partial charge in [-0.15, -0.1) is 0 Å². The minimum Gasteiger partial charge on any atom is -0.507 e. The highest BCUT2D eigenvalue weighted by molar-refractivity contribution is 6.23. The van der Waals surface area contributed by atoms with E-state index in [1.807, 2.05) is 0 Å². The van der Waals surface area contributed by atoms with Gasteiger partial charge in [0, 0.05) is 27.9 Å². The third-order valence-electron chi connectivity index (χ3n) is 8.05. The highest BCUT2D eigenvalue weighted by Gasteiger charge is 2.20. The first kappa shape index (κ1) is 15.7. The van der Waals surface area contributed by atoms with Gasteiger partial charge in [0.05, 0.1) is 19.2 Å². The summed E-state index contributed by atoms with van der Waals surface area (Å²) in [4.78, 5) is 0. The van der Waals surface area contributed by atoms with Crippen molar-refractivity contribution in [3.8, 4) is 50.3 Å². The van der Waals surface area contributed by atoms with Crippen LogP contribution in [0.3, 0.4) is 0 Å². The van der Waals surface area contributed by atoms with Crippen molar-refractivity contribution in [2.75, 3.05) is 0 Å². The number of rotatable bonds is 4. The van der Waals surface area contributed by atoms with E-state index in [1.165, 1.54) is 0 Å². The van der Waals surface area contributed by atoms with Gasteiger partial charge in [0.1, 0.15) is 16.9 Å². The second-order valence-corrected chi connectivity index (χ2v) is 10.7. The third-order valence-corrected chi connectivity index (χ3v) is 8.05. The predicted octanol–water partition coefficient (Wildman–Crippen LogP) is 12.3. The number of aromatic hydroxyl groups is 1. The highest BCUT2D eigenvalue weighted by Crippen LogP contribution is 2.48. The molecule has 1 heterocycles. The number of hydrogen-bond acceptors (Lipinski definition) is 2. The average Bonchev–Trinajstić information content (AvgIpc) is 3.67. The number of furan rings is 1. The number of phenolic OH excluding ortho intramolecular Hbond substituents is 1. The Morgan fingerprint density at radius 2 is 1.00 bits per heavy atom. The zero-order valence-corrected chi connectivity index (χ0v) is 23.9. The molecule has 216 valence electrons. The van der Waals surface area contributed by atoms with E-state index in [0.717, 1.165) is 0 Å². The Balaban J connectivity index is 1.41. The molecule has 0 amide bonds. The molecule has 1 N–H and O–H groups in total. The minimum atomic E-state index is -0.692. The third kappa shape index (κ3) is 4.19. The summed E-state index contributed by atoms with van der Waals surface area (Å²) in [6.45, 7) is 0. The van der Waals surface area contributed by atoms with E-state index in [9.17, 15) is 7.85 Å². The second-order valence-electron chi connectivity index (χ2n) is 10.7. The van der Waals surface area contributed by atoms with Crippen LogP contribution in [0.25, 0.3) is 88.0 Å². The summed E-state index contributed by atoms with van der Waals surface area (Å²) in [7, 11) is 0. The molecule has 9 aromatic rings. The van der Waals surface area contributed by atoms with E-state index in [0.29, 0.717) is 27.1 Å². The summed E-state index contributed by atoms with van der Waals surface area (Å²) in [5, 5.41) is 13.3.